The van der Waals surface area contributed by atoms with Gasteiger partial charge in [-0.2, -0.15) is 0 Å². The Hall–Kier alpha value is -1.05. The van der Waals surface area contributed by atoms with Crippen molar-refractivity contribution < 1.29 is 9.53 Å². The van der Waals surface area contributed by atoms with E-state index in [0.29, 0.717) is 11.8 Å². The van der Waals surface area contributed by atoms with Gasteiger partial charge in [0.15, 0.2) is 0 Å². The first-order valence-electron chi connectivity index (χ1n) is 9.24. The summed E-state index contributed by atoms with van der Waals surface area (Å²) in [5.74, 6) is 1.01. The van der Waals surface area contributed by atoms with Gasteiger partial charge in [0, 0.05) is 0 Å². The average molecular weight is 316 g/mol. The summed E-state index contributed by atoms with van der Waals surface area (Å²) >= 11 is 0. The van der Waals surface area contributed by atoms with E-state index in [4.69, 9.17) is 4.74 Å². The third-order valence-electron chi connectivity index (χ3n) is 7.67. The number of hydrogen-bond donors (Lipinski definition) is 0. The molecule has 2 saturated carbocycles. The Morgan fingerprint density at radius 2 is 2.00 bits per heavy atom. The van der Waals surface area contributed by atoms with Crippen molar-refractivity contribution in [1.82, 2.24) is 0 Å². The zero-order chi connectivity index (χ0) is 16.9. The minimum Gasteiger partial charge on any atom is -0.469 e. The van der Waals surface area contributed by atoms with Gasteiger partial charge in [-0.1, -0.05) is 38.0 Å². The predicted molar refractivity (Wildman–Crippen MR) is 93.9 cm³/mol. The highest BCUT2D eigenvalue weighted by Gasteiger charge is 2.59. The predicted octanol–water partition coefficient (Wildman–Crippen LogP) is 5.29. The first-order chi connectivity index (χ1) is 10.8. The third-order valence-corrected chi connectivity index (χ3v) is 7.67. The Morgan fingerprint density at radius 1 is 1.26 bits per heavy atom. The topological polar surface area (TPSA) is 26.3 Å². The number of hydrogen-bond acceptors (Lipinski definition) is 2. The third kappa shape index (κ3) is 2.24. The molecule has 0 spiro atoms. The van der Waals surface area contributed by atoms with Crippen LogP contribution in [0.2, 0.25) is 0 Å². The second-order valence-electron chi connectivity index (χ2n) is 8.77. The Morgan fingerprint density at radius 3 is 2.65 bits per heavy atom. The van der Waals surface area contributed by atoms with Crippen LogP contribution in [0.3, 0.4) is 0 Å². The lowest BCUT2D eigenvalue weighted by molar-refractivity contribution is -0.164. The number of fused-ring (bicyclic) bond motifs is 3. The van der Waals surface area contributed by atoms with E-state index in [9.17, 15) is 4.79 Å². The Balaban J connectivity index is 2.03. The number of allylic oxidation sites excluding steroid dienone is 3. The van der Waals surface area contributed by atoms with Crippen LogP contribution in [0.15, 0.2) is 24.3 Å². The largest absolute Gasteiger partial charge is 0.469 e. The molecule has 5 atom stereocenters. The van der Waals surface area contributed by atoms with Crippen molar-refractivity contribution in [1.29, 1.82) is 0 Å². The number of carbonyl (C=O) groups excluding carboxylic acids is 1. The summed E-state index contributed by atoms with van der Waals surface area (Å²) in [4.78, 5) is 12.6. The van der Waals surface area contributed by atoms with Crippen molar-refractivity contribution in [2.45, 2.75) is 65.7 Å². The van der Waals surface area contributed by atoms with Crippen molar-refractivity contribution in [2.75, 3.05) is 7.11 Å². The summed E-state index contributed by atoms with van der Waals surface area (Å²) in [6.45, 7) is 11.1. The molecule has 3 aliphatic rings. The van der Waals surface area contributed by atoms with Crippen LogP contribution >= 0.6 is 0 Å². The van der Waals surface area contributed by atoms with Gasteiger partial charge < -0.3 is 4.74 Å². The summed E-state index contributed by atoms with van der Waals surface area (Å²) in [7, 11) is 1.54. The van der Waals surface area contributed by atoms with Crippen LogP contribution < -0.4 is 0 Å². The second-order valence-corrected chi connectivity index (χ2v) is 8.77. The first-order valence-corrected chi connectivity index (χ1v) is 9.24. The monoisotopic (exact) mass is 316 g/mol. The molecule has 0 radical (unpaired) electrons. The summed E-state index contributed by atoms with van der Waals surface area (Å²) in [5, 5.41) is 0. The fraction of sp³-hybridized carbons (Fsp3) is 0.762. The SMILES string of the molecule is C=C[C@@]1(C)CCC=C2C1CCC1C(C)(C(=O)OC)CCCC21C. The number of carbonyl (C=O) groups is 1. The fourth-order valence-corrected chi connectivity index (χ4v) is 6.24. The molecule has 0 N–H and O–H groups in total. The van der Waals surface area contributed by atoms with Crippen molar-refractivity contribution in [3.8, 4) is 0 Å². The summed E-state index contributed by atoms with van der Waals surface area (Å²) in [6.07, 6.45) is 12.7. The molecule has 2 nitrogen and oxygen atoms in total. The van der Waals surface area contributed by atoms with Gasteiger partial charge in [-0.25, -0.2) is 0 Å². The minimum atomic E-state index is -0.324. The molecular weight excluding hydrogens is 284 g/mol. The maximum atomic E-state index is 12.6. The Kier molecular flexibility index (Phi) is 4.01. The molecule has 0 saturated heterocycles. The fourth-order valence-electron chi connectivity index (χ4n) is 6.24. The van der Waals surface area contributed by atoms with Gasteiger partial charge in [0.1, 0.15) is 0 Å². The van der Waals surface area contributed by atoms with Crippen molar-refractivity contribution in [3.05, 3.63) is 24.3 Å². The molecule has 0 bridgehead atoms. The highest BCUT2D eigenvalue weighted by molar-refractivity contribution is 5.77. The molecule has 23 heavy (non-hydrogen) atoms. The summed E-state index contributed by atoms with van der Waals surface area (Å²) in [5.41, 5.74) is 1.67. The average Bonchev–Trinajstić information content (AvgIpc) is 2.54. The van der Waals surface area contributed by atoms with E-state index in [1.54, 1.807) is 12.7 Å². The highest BCUT2D eigenvalue weighted by Crippen LogP contribution is 2.65. The zero-order valence-electron chi connectivity index (χ0n) is 15.3. The van der Waals surface area contributed by atoms with Crippen LogP contribution in [0.1, 0.15) is 65.7 Å². The lowest BCUT2D eigenvalue weighted by Crippen LogP contribution is -2.54. The van der Waals surface area contributed by atoms with Gasteiger partial charge in [-0.3, -0.25) is 4.79 Å². The Labute approximate surface area is 141 Å². The standard InChI is InChI=1S/C21H32O2/c1-6-19(2)12-7-9-16-15(19)10-11-17-20(16,3)13-8-14-21(17,4)18(22)23-5/h6,9,15,17H,1,7-8,10-14H2,2-5H3/t15?,17?,19-,20?,21?/m0/s1. The molecule has 128 valence electrons. The van der Waals surface area contributed by atoms with Gasteiger partial charge in [-0.05, 0) is 68.1 Å². The van der Waals surface area contributed by atoms with E-state index in [0.717, 1.165) is 25.7 Å². The van der Waals surface area contributed by atoms with Crippen LogP contribution in [-0.4, -0.2) is 13.1 Å². The van der Waals surface area contributed by atoms with Gasteiger partial charge in [0.2, 0.25) is 0 Å². The molecule has 3 aliphatic carbocycles. The van der Waals surface area contributed by atoms with Crippen LogP contribution in [0.5, 0.6) is 0 Å². The van der Waals surface area contributed by atoms with E-state index >= 15 is 0 Å². The van der Waals surface area contributed by atoms with Gasteiger partial charge in [0.05, 0.1) is 12.5 Å². The molecule has 3 rings (SSSR count). The summed E-state index contributed by atoms with van der Waals surface area (Å²) in [6, 6.07) is 0. The van der Waals surface area contributed by atoms with Gasteiger partial charge in [0.25, 0.3) is 0 Å². The molecular formula is C21H32O2. The lowest BCUT2D eigenvalue weighted by Gasteiger charge is -2.59. The van der Waals surface area contributed by atoms with Crippen LogP contribution in [0, 0.1) is 28.1 Å². The molecule has 2 heteroatoms. The van der Waals surface area contributed by atoms with E-state index in [1.165, 1.54) is 19.3 Å². The van der Waals surface area contributed by atoms with E-state index in [1.807, 2.05) is 0 Å². The molecule has 0 aromatic carbocycles. The Bertz CT molecular complexity index is 548. The second kappa shape index (κ2) is 5.50. The maximum Gasteiger partial charge on any atom is 0.311 e. The number of ether oxygens (including phenoxy) is 1. The molecule has 0 aromatic heterocycles. The smallest absolute Gasteiger partial charge is 0.311 e. The van der Waals surface area contributed by atoms with Gasteiger partial charge >= 0.3 is 5.97 Å². The molecule has 0 aliphatic heterocycles. The molecule has 0 heterocycles. The molecule has 4 unspecified atom stereocenters. The van der Waals surface area contributed by atoms with Crippen molar-refractivity contribution in [3.63, 3.8) is 0 Å². The number of methoxy groups -OCH3 is 1. The highest BCUT2D eigenvalue weighted by atomic mass is 16.5. The van der Waals surface area contributed by atoms with Crippen LogP contribution in [0.25, 0.3) is 0 Å². The normalized spacial score (nSPS) is 46.2. The van der Waals surface area contributed by atoms with Crippen LogP contribution in [-0.2, 0) is 9.53 Å². The number of esters is 1. The molecule has 2 fully saturated rings. The summed E-state index contributed by atoms with van der Waals surface area (Å²) < 4.78 is 5.21. The van der Waals surface area contributed by atoms with Crippen LogP contribution in [0.4, 0.5) is 0 Å². The zero-order valence-corrected chi connectivity index (χ0v) is 15.3. The quantitative estimate of drug-likeness (QED) is 0.511. The first kappa shape index (κ1) is 16.8. The maximum absolute atomic E-state index is 12.6. The van der Waals surface area contributed by atoms with E-state index in [-0.39, 0.29) is 22.2 Å². The van der Waals surface area contributed by atoms with E-state index in [2.05, 4.69) is 39.5 Å². The van der Waals surface area contributed by atoms with Crippen molar-refractivity contribution >= 4 is 5.97 Å². The number of rotatable bonds is 2. The van der Waals surface area contributed by atoms with Gasteiger partial charge in [-0.15, -0.1) is 6.58 Å². The van der Waals surface area contributed by atoms with Crippen molar-refractivity contribution in [2.24, 2.45) is 28.1 Å². The minimum absolute atomic E-state index is 0.00485. The molecule has 0 amide bonds. The lowest BCUT2D eigenvalue weighted by atomic mass is 9.44. The van der Waals surface area contributed by atoms with E-state index < -0.39 is 0 Å². The molecule has 0 aromatic rings.